The summed E-state index contributed by atoms with van der Waals surface area (Å²) in [6.45, 7) is 4.60. The summed E-state index contributed by atoms with van der Waals surface area (Å²) in [7, 11) is -3.72. The van der Waals surface area contributed by atoms with Gasteiger partial charge in [0.25, 0.3) is 15.9 Å². The molecular formula is C23H24N2O3S. The van der Waals surface area contributed by atoms with Crippen molar-refractivity contribution < 1.29 is 13.2 Å². The zero-order valence-electron chi connectivity index (χ0n) is 16.5. The van der Waals surface area contributed by atoms with Gasteiger partial charge in [0, 0.05) is 17.8 Å². The number of carbonyl (C=O) groups excluding carboxylic acids is 1. The first-order valence-electron chi connectivity index (χ1n) is 9.48. The predicted molar refractivity (Wildman–Crippen MR) is 116 cm³/mol. The third-order valence-electron chi connectivity index (χ3n) is 4.56. The third kappa shape index (κ3) is 5.03. The van der Waals surface area contributed by atoms with Gasteiger partial charge in [0.15, 0.2) is 0 Å². The molecule has 0 saturated carbocycles. The minimum atomic E-state index is -3.72. The smallest absolute Gasteiger partial charge is 0.261 e. The fourth-order valence-electron chi connectivity index (χ4n) is 2.95. The number of aryl methyl sites for hydroxylation is 1. The minimum absolute atomic E-state index is 0.173. The predicted octanol–water partition coefficient (Wildman–Crippen LogP) is 4.60. The van der Waals surface area contributed by atoms with E-state index in [1.165, 1.54) is 0 Å². The lowest BCUT2D eigenvalue weighted by Gasteiger charge is -2.10. The molecule has 5 nitrogen and oxygen atoms in total. The van der Waals surface area contributed by atoms with E-state index in [1.54, 1.807) is 48.5 Å². The second kappa shape index (κ2) is 8.92. The zero-order chi connectivity index (χ0) is 20.9. The average Bonchev–Trinajstić information content (AvgIpc) is 2.73. The minimum Gasteiger partial charge on any atom is -0.352 e. The summed E-state index contributed by atoms with van der Waals surface area (Å²) in [5, 5.41) is 2.79. The van der Waals surface area contributed by atoms with Crippen LogP contribution < -0.4 is 10.0 Å². The fourth-order valence-corrected chi connectivity index (χ4v) is 4.01. The van der Waals surface area contributed by atoms with Gasteiger partial charge in [-0.2, -0.15) is 0 Å². The molecule has 3 aromatic rings. The van der Waals surface area contributed by atoms with Gasteiger partial charge in [-0.05, 0) is 66.4 Å². The molecule has 29 heavy (non-hydrogen) atoms. The van der Waals surface area contributed by atoms with Gasteiger partial charge < -0.3 is 5.32 Å². The van der Waals surface area contributed by atoms with Crippen molar-refractivity contribution in [2.45, 2.75) is 25.2 Å². The van der Waals surface area contributed by atoms with Gasteiger partial charge in [-0.25, -0.2) is 8.42 Å². The van der Waals surface area contributed by atoms with E-state index in [4.69, 9.17) is 0 Å². The maximum atomic E-state index is 12.7. The standard InChI is InChI=1S/C23H24N2O3S/c1-3-16-24-23(26)19-8-12-20(13-9-19)25-29(27,28)21-14-10-18(11-15-21)22-7-5-4-6-17(22)2/h4-15,25H,3,16H2,1-2H3,(H,24,26). The van der Waals surface area contributed by atoms with E-state index in [-0.39, 0.29) is 10.8 Å². The topological polar surface area (TPSA) is 75.3 Å². The van der Waals surface area contributed by atoms with Crippen LogP contribution in [-0.4, -0.2) is 20.9 Å². The molecular weight excluding hydrogens is 384 g/mol. The largest absolute Gasteiger partial charge is 0.352 e. The van der Waals surface area contributed by atoms with Crippen molar-refractivity contribution in [3.63, 3.8) is 0 Å². The van der Waals surface area contributed by atoms with E-state index in [2.05, 4.69) is 10.0 Å². The summed E-state index contributed by atoms with van der Waals surface area (Å²) in [5.74, 6) is -0.173. The Kier molecular flexibility index (Phi) is 6.34. The maximum Gasteiger partial charge on any atom is 0.261 e. The van der Waals surface area contributed by atoms with Crippen LogP contribution in [0.5, 0.6) is 0 Å². The molecule has 1 amide bonds. The summed E-state index contributed by atoms with van der Waals surface area (Å²) in [5.41, 5.74) is 4.05. The molecule has 3 rings (SSSR count). The van der Waals surface area contributed by atoms with Crippen molar-refractivity contribution in [2.24, 2.45) is 0 Å². The highest BCUT2D eigenvalue weighted by molar-refractivity contribution is 7.92. The van der Waals surface area contributed by atoms with Gasteiger partial charge in [-0.3, -0.25) is 9.52 Å². The first-order chi connectivity index (χ1) is 13.9. The number of rotatable bonds is 7. The van der Waals surface area contributed by atoms with Gasteiger partial charge in [0.2, 0.25) is 0 Å². The molecule has 150 valence electrons. The van der Waals surface area contributed by atoms with Gasteiger partial charge in [-0.1, -0.05) is 43.3 Å². The van der Waals surface area contributed by atoms with E-state index in [0.717, 1.165) is 23.1 Å². The number of anilines is 1. The van der Waals surface area contributed by atoms with E-state index in [0.29, 0.717) is 17.8 Å². The molecule has 6 heteroatoms. The Morgan fingerprint density at radius 3 is 2.17 bits per heavy atom. The molecule has 0 radical (unpaired) electrons. The summed E-state index contributed by atoms with van der Waals surface area (Å²) >= 11 is 0. The second-order valence-corrected chi connectivity index (χ2v) is 8.46. The Hall–Kier alpha value is -3.12. The van der Waals surface area contributed by atoms with Crippen LogP contribution in [0.3, 0.4) is 0 Å². The number of nitrogens with one attached hydrogen (secondary N) is 2. The average molecular weight is 409 g/mol. The maximum absolute atomic E-state index is 12.7. The summed E-state index contributed by atoms with van der Waals surface area (Å²) in [6, 6.07) is 21.1. The van der Waals surface area contributed by atoms with Gasteiger partial charge in [-0.15, -0.1) is 0 Å². The normalized spacial score (nSPS) is 11.1. The van der Waals surface area contributed by atoms with Crippen LogP contribution in [0, 0.1) is 6.92 Å². The molecule has 0 aromatic heterocycles. The molecule has 0 atom stereocenters. The Bertz CT molecular complexity index is 1090. The zero-order valence-corrected chi connectivity index (χ0v) is 17.3. The number of hydrogen-bond acceptors (Lipinski definition) is 3. The lowest BCUT2D eigenvalue weighted by atomic mass is 10.0. The van der Waals surface area contributed by atoms with Crippen LogP contribution >= 0.6 is 0 Å². The van der Waals surface area contributed by atoms with Crippen LogP contribution in [-0.2, 0) is 10.0 Å². The summed E-state index contributed by atoms with van der Waals surface area (Å²) in [4.78, 5) is 12.1. The number of hydrogen-bond donors (Lipinski definition) is 2. The lowest BCUT2D eigenvalue weighted by molar-refractivity contribution is 0.0953. The van der Waals surface area contributed by atoms with Gasteiger partial charge >= 0.3 is 0 Å². The molecule has 0 heterocycles. The van der Waals surface area contributed by atoms with Gasteiger partial charge in [0.1, 0.15) is 0 Å². The molecule has 2 N–H and O–H groups in total. The highest BCUT2D eigenvalue weighted by Gasteiger charge is 2.15. The Morgan fingerprint density at radius 2 is 1.55 bits per heavy atom. The van der Waals surface area contributed by atoms with E-state index >= 15 is 0 Å². The van der Waals surface area contributed by atoms with Gasteiger partial charge in [0.05, 0.1) is 4.90 Å². The van der Waals surface area contributed by atoms with Crippen molar-refractivity contribution in [1.29, 1.82) is 0 Å². The Morgan fingerprint density at radius 1 is 0.897 bits per heavy atom. The van der Waals surface area contributed by atoms with Crippen molar-refractivity contribution in [3.05, 3.63) is 83.9 Å². The van der Waals surface area contributed by atoms with Crippen LogP contribution in [0.25, 0.3) is 11.1 Å². The second-order valence-electron chi connectivity index (χ2n) is 6.78. The molecule has 3 aromatic carbocycles. The molecule has 0 aliphatic heterocycles. The molecule has 0 spiro atoms. The van der Waals surface area contributed by atoms with E-state index in [9.17, 15) is 13.2 Å². The number of amides is 1. The molecule has 0 aliphatic rings. The van der Waals surface area contributed by atoms with Crippen molar-refractivity contribution in [2.75, 3.05) is 11.3 Å². The number of carbonyl (C=O) groups is 1. The van der Waals surface area contributed by atoms with Crippen molar-refractivity contribution in [1.82, 2.24) is 5.32 Å². The molecule has 0 bridgehead atoms. The van der Waals surface area contributed by atoms with E-state index in [1.807, 2.05) is 38.1 Å². The Balaban J connectivity index is 1.74. The number of benzene rings is 3. The van der Waals surface area contributed by atoms with Crippen LogP contribution in [0.1, 0.15) is 29.3 Å². The summed E-state index contributed by atoms with van der Waals surface area (Å²) < 4.78 is 27.9. The highest BCUT2D eigenvalue weighted by Crippen LogP contribution is 2.25. The molecule has 0 unspecified atom stereocenters. The lowest BCUT2D eigenvalue weighted by Crippen LogP contribution is -2.23. The Labute approximate surface area is 171 Å². The van der Waals surface area contributed by atoms with Crippen molar-refractivity contribution in [3.8, 4) is 11.1 Å². The number of sulfonamides is 1. The van der Waals surface area contributed by atoms with E-state index < -0.39 is 10.0 Å². The van der Waals surface area contributed by atoms with Crippen LogP contribution in [0.4, 0.5) is 5.69 Å². The highest BCUT2D eigenvalue weighted by atomic mass is 32.2. The van der Waals surface area contributed by atoms with Crippen molar-refractivity contribution >= 4 is 21.6 Å². The molecule has 0 saturated heterocycles. The van der Waals surface area contributed by atoms with Crippen LogP contribution in [0.2, 0.25) is 0 Å². The summed E-state index contributed by atoms with van der Waals surface area (Å²) in [6.07, 6.45) is 0.853. The third-order valence-corrected chi connectivity index (χ3v) is 5.95. The molecule has 0 fully saturated rings. The molecule has 0 aliphatic carbocycles. The first kappa shape index (κ1) is 20.6. The fraction of sp³-hybridized carbons (Fsp3) is 0.174. The monoisotopic (exact) mass is 408 g/mol. The SMILES string of the molecule is CCCNC(=O)c1ccc(NS(=O)(=O)c2ccc(-c3ccccc3C)cc2)cc1. The quantitative estimate of drug-likeness (QED) is 0.600. The first-order valence-corrected chi connectivity index (χ1v) is 11.0. The van der Waals surface area contributed by atoms with Crippen LogP contribution in [0.15, 0.2) is 77.7 Å².